The second-order valence-electron chi connectivity index (χ2n) is 9.56. The van der Waals surface area contributed by atoms with E-state index in [0.29, 0.717) is 19.1 Å². The number of nitrogens with two attached hydrogens (primary N) is 1. The molecular formula is C30H45N3O4. The fraction of sp³-hybridized carbons (Fsp3) is 0.533. The van der Waals surface area contributed by atoms with Crippen molar-refractivity contribution in [1.29, 1.82) is 0 Å². The van der Waals surface area contributed by atoms with Crippen LogP contribution in [-0.2, 0) is 19.1 Å². The first kappa shape index (κ1) is 30.5. The molecule has 7 nitrogen and oxygen atoms in total. The highest BCUT2D eigenvalue weighted by Gasteiger charge is 2.34. The Morgan fingerprint density at radius 2 is 1.24 bits per heavy atom. The molecule has 2 heterocycles. The summed E-state index contributed by atoms with van der Waals surface area (Å²) in [7, 11) is 0. The van der Waals surface area contributed by atoms with Crippen LogP contribution < -0.4 is 5.73 Å². The van der Waals surface area contributed by atoms with E-state index >= 15 is 0 Å². The Balaban J connectivity index is 0.000000253. The molecule has 37 heavy (non-hydrogen) atoms. The first-order chi connectivity index (χ1) is 17.4. The third kappa shape index (κ3) is 8.66. The lowest BCUT2D eigenvalue weighted by Crippen LogP contribution is -2.35. The summed E-state index contributed by atoms with van der Waals surface area (Å²) in [6, 6.07) is 19.3. The molecule has 7 heteroatoms. The van der Waals surface area contributed by atoms with Crippen LogP contribution in [0.1, 0.15) is 64.3 Å². The van der Waals surface area contributed by atoms with Crippen molar-refractivity contribution in [1.82, 2.24) is 9.80 Å². The van der Waals surface area contributed by atoms with Gasteiger partial charge >= 0.3 is 11.9 Å². The molecular weight excluding hydrogens is 466 g/mol. The Hall–Kier alpha value is -2.74. The summed E-state index contributed by atoms with van der Waals surface area (Å²) < 4.78 is 10.4. The number of likely N-dealkylation sites (tertiary alicyclic amines) is 2. The van der Waals surface area contributed by atoms with E-state index in [9.17, 15) is 9.59 Å². The van der Waals surface area contributed by atoms with Crippen molar-refractivity contribution < 1.29 is 19.1 Å². The minimum atomic E-state index is -0.320. The standard InChI is InChI=1S/C15H21NO2.C14H20N2O2.CH4/c1-3-18-15(17)14(13-7-5-4-6-8-13)16-10-9-12(2)11-16;1-2-18-14(17)13(11-6-4-3-5-7-11)16-9-8-12(15)10-16;/h4-8,12,14H,3,9-11H2,1-2H3;3-7,12-13H,2,8-10,15H2,1H3;1H4/t12-,14?;12-,13?;/m11./s1. The second-order valence-corrected chi connectivity index (χ2v) is 9.56. The molecule has 2 aliphatic heterocycles. The predicted octanol–water partition coefficient (Wildman–Crippen LogP) is 4.59. The number of rotatable bonds is 8. The van der Waals surface area contributed by atoms with Crippen LogP contribution in [0.3, 0.4) is 0 Å². The number of carbonyl (C=O) groups excluding carboxylic acids is 2. The maximum Gasteiger partial charge on any atom is 0.328 e. The van der Waals surface area contributed by atoms with Gasteiger partial charge in [-0.15, -0.1) is 0 Å². The molecule has 0 aromatic heterocycles. The zero-order valence-corrected chi connectivity index (χ0v) is 21.8. The van der Waals surface area contributed by atoms with Crippen LogP contribution in [0.25, 0.3) is 0 Å². The zero-order valence-electron chi connectivity index (χ0n) is 21.8. The van der Waals surface area contributed by atoms with Gasteiger partial charge in [0.15, 0.2) is 0 Å². The highest BCUT2D eigenvalue weighted by atomic mass is 16.5. The van der Waals surface area contributed by atoms with Gasteiger partial charge in [0, 0.05) is 25.7 Å². The summed E-state index contributed by atoms with van der Waals surface area (Å²) in [5, 5.41) is 0. The van der Waals surface area contributed by atoms with Gasteiger partial charge in [-0.1, -0.05) is 75.0 Å². The van der Waals surface area contributed by atoms with Gasteiger partial charge in [-0.3, -0.25) is 9.80 Å². The molecule has 2 saturated heterocycles. The molecule has 0 saturated carbocycles. The number of hydrogen-bond acceptors (Lipinski definition) is 7. The summed E-state index contributed by atoms with van der Waals surface area (Å²) in [5.74, 6) is 0.348. The van der Waals surface area contributed by atoms with Crippen LogP contribution in [0, 0.1) is 5.92 Å². The highest BCUT2D eigenvalue weighted by molar-refractivity contribution is 5.78. The van der Waals surface area contributed by atoms with E-state index in [4.69, 9.17) is 15.2 Å². The van der Waals surface area contributed by atoms with Crippen molar-refractivity contribution in [3.63, 3.8) is 0 Å². The minimum absolute atomic E-state index is 0. The van der Waals surface area contributed by atoms with Crippen LogP contribution in [0.15, 0.2) is 60.7 Å². The molecule has 2 fully saturated rings. The van der Waals surface area contributed by atoms with Crippen LogP contribution in [0.4, 0.5) is 0 Å². The quantitative estimate of drug-likeness (QED) is 0.519. The average Bonchev–Trinajstić information content (AvgIpc) is 3.49. The number of hydrogen-bond donors (Lipinski definition) is 1. The molecule has 4 atom stereocenters. The Bertz CT molecular complexity index is 863. The molecule has 0 spiro atoms. The summed E-state index contributed by atoms with van der Waals surface area (Å²) >= 11 is 0. The van der Waals surface area contributed by atoms with Crippen molar-refractivity contribution in [2.24, 2.45) is 11.7 Å². The molecule has 2 aromatic carbocycles. The van der Waals surface area contributed by atoms with Gasteiger partial charge in [-0.25, -0.2) is 9.59 Å². The monoisotopic (exact) mass is 511 g/mol. The maximum atomic E-state index is 12.2. The fourth-order valence-corrected chi connectivity index (χ4v) is 4.96. The van der Waals surface area contributed by atoms with Crippen molar-refractivity contribution in [2.75, 3.05) is 39.4 Å². The topological polar surface area (TPSA) is 85.1 Å². The Kier molecular flexibility index (Phi) is 12.8. The fourth-order valence-electron chi connectivity index (χ4n) is 4.96. The van der Waals surface area contributed by atoms with Gasteiger partial charge < -0.3 is 15.2 Å². The van der Waals surface area contributed by atoms with Crippen LogP contribution in [-0.4, -0.2) is 67.2 Å². The van der Waals surface area contributed by atoms with E-state index in [0.717, 1.165) is 50.1 Å². The number of carbonyl (C=O) groups is 2. The van der Waals surface area contributed by atoms with E-state index in [1.165, 1.54) is 0 Å². The SMILES string of the molecule is C.CCOC(=O)C(c1ccccc1)N1CC[C@@H](C)C1.CCOC(=O)C(c1ccccc1)N1CC[C@@H](N)C1. The molecule has 0 bridgehead atoms. The largest absolute Gasteiger partial charge is 0.465 e. The molecule has 2 aromatic rings. The van der Waals surface area contributed by atoms with Crippen molar-refractivity contribution in [3.8, 4) is 0 Å². The molecule has 4 rings (SSSR count). The van der Waals surface area contributed by atoms with Crippen molar-refractivity contribution in [2.45, 2.75) is 59.2 Å². The molecule has 2 unspecified atom stereocenters. The lowest BCUT2D eigenvalue weighted by atomic mass is 10.1. The molecule has 2 aliphatic rings. The second kappa shape index (κ2) is 15.5. The number of benzene rings is 2. The zero-order chi connectivity index (χ0) is 25.9. The van der Waals surface area contributed by atoms with Crippen LogP contribution >= 0.6 is 0 Å². The summed E-state index contributed by atoms with van der Waals surface area (Å²) in [6.07, 6.45) is 2.09. The summed E-state index contributed by atoms with van der Waals surface area (Å²) in [4.78, 5) is 28.6. The smallest absolute Gasteiger partial charge is 0.328 e. The molecule has 2 N–H and O–H groups in total. The number of esters is 2. The van der Waals surface area contributed by atoms with Gasteiger partial charge in [0.2, 0.25) is 0 Å². The lowest BCUT2D eigenvalue weighted by molar-refractivity contribution is -0.150. The van der Waals surface area contributed by atoms with Gasteiger partial charge in [-0.05, 0) is 50.3 Å². The van der Waals surface area contributed by atoms with Gasteiger partial charge in [-0.2, -0.15) is 0 Å². The van der Waals surface area contributed by atoms with Gasteiger partial charge in [0.25, 0.3) is 0 Å². The molecule has 204 valence electrons. The molecule has 0 amide bonds. The van der Waals surface area contributed by atoms with E-state index in [2.05, 4.69) is 16.7 Å². The van der Waals surface area contributed by atoms with E-state index in [1.807, 2.05) is 74.5 Å². The van der Waals surface area contributed by atoms with Crippen LogP contribution in [0.2, 0.25) is 0 Å². The van der Waals surface area contributed by atoms with Crippen molar-refractivity contribution >= 4 is 11.9 Å². The first-order valence-electron chi connectivity index (χ1n) is 13.1. The Morgan fingerprint density at radius 1 is 0.811 bits per heavy atom. The molecule has 0 radical (unpaired) electrons. The Morgan fingerprint density at radius 3 is 1.59 bits per heavy atom. The van der Waals surface area contributed by atoms with E-state index in [1.54, 1.807) is 0 Å². The number of nitrogens with zero attached hydrogens (tertiary/aromatic N) is 2. The highest BCUT2D eigenvalue weighted by Crippen LogP contribution is 2.29. The van der Waals surface area contributed by atoms with Crippen LogP contribution in [0.5, 0.6) is 0 Å². The van der Waals surface area contributed by atoms with Gasteiger partial charge in [0.05, 0.1) is 13.2 Å². The predicted molar refractivity (Wildman–Crippen MR) is 148 cm³/mol. The Labute approximate surface area is 222 Å². The summed E-state index contributed by atoms with van der Waals surface area (Å²) in [5.41, 5.74) is 7.93. The third-order valence-electron chi connectivity index (χ3n) is 6.69. The van der Waals surface area contributed by atoms with Crippen molar-refractivity contribution in [3.05, 3.63) is 71.8 Å². The minimum Gasteiger partial charge on any atom is -0.465 e. The average molecular weight is 512 g/mol. The summed E-state index contributed by atoms with van der Waals surface area (Å²) in [6.45, 7) is 10.3. The third-order valence-corrected chi connectivity index (χ3v) is 6.69. The molecule has 0 aliphatic carbocycles. The normalized spacial score (nSPS) is 21.2. The number of ether oxygens (including phenoxy) is 2. The lowest BCUT2D eigenvalue weighted by Gasteiger charge is -2.26. The van der Waals surface area contributed by atoms with E-state index in [-0.39, 0.29) is 37.5 Å². The van der Waals surface area contributed by atoms with Gasteiger partial charge in [0.1, 0.15) is 12.1 Å². The van der Waals surface area contributed by atoms with E-state index < -0.39 is 0 Å². The first-order valence-corrected chi connectivity index (χ1v) is 13.1. The maximum absolute atomic E-state index is 12.2.